The summed E-state index contributed by atoms with van der Waals surface area (Å²) >= 11 is 0. The largest absolute Gasteiger partial charge is 0.497 e. The molecule has 0 spiro atoms. The first kappa shape index (κ1) is 18.8. The number of likely N-dealkylation sites (tertiary alicyclic amines) is 1. The number of likely N-dealkylation sites (N-methyl/N-ethyl adjacent to an activating group) is 1. The molecule has 2 aromatic heterocycles. The number of benzene rings is 2. The van der Waals surface area contributed by atoms with Gasteiger partial charge in [-0.3, -0.25) is 4.90 Å². The molecule has 1 fully saturated rings. The van der Waals surface area contributed by atoms with Crippen molar-refractivity contribution < 1.29 is 13.7 Å². The van der Waals surface area contributed by atoms with E-state index in [1.807, 2.05) is 42.5 Å². The number of aromatic nitrogens is 2. The summed E-state index contributed by atoms with van der Waals surface area (Å²) in [5, 5.41) is 8.91. The zero-order chi connectivity index (χ0) is 20.5. The summed E-state index contributed by atoms with van der Waals surface area (Å²) in [7, 11) is 3.74. The van der Waals surface area contributed by atoms with Crippen LogP contribution in [0.2, 0.25) is 0 Å². The fourth-order valence-electron chi connectivity index (χ4n) is 4.03. The van der Waals surface area contributed by atoms with E-state index >= 15 is 0 Å². The molecule has 0 aliphatic carbocycles. The van der Waals surface area contributed by atoms with Crippen molar-refractivity contribution in [1.29, 1.82) is 0 Å². The standard InChI is InChI=1S/C23H24N4O3/c1-27-14-17(24-13-19-11-16-5-3-4-6-21(16)29-19)12-20(27)23-25-22(26-30-23)15-7-9-18(28-2)10-8-15/h3-11,17,20,24H,12-14H2,1-2H3/t17-,20-/m0/s1. The van der Waals surface area contributed by atoms with Crippen molar-refractivity contribution in [2.45, 2.75) is 25.0 Å². The highest BCUT2D eigenvalue weighted by molar-refractivity contribution is 5.77. The van der Waals surface area contributed by atoms with Crippen LogP contribution in [0.3, 0.4) is 0 Å². The van der Waals surface area contributed by atoms with Crippen LogP contribution < -0.4 is 10.1 Å². The third-order valence-electron chi connectivity index (χ3n) is 5.66. The number of fused-ring (bicyclic) bond motifs is 1. The first-order valence-corrected chi connectivity index (χ1v) is 10.1. The summed E-state index contributed by atoms with van der Waals surface area (Å²) in [5.41, 5.74) is 1.83. The minimum atomic E-state index is 0.0951. The van der Waals surface area contributed by atoms with Gasteiger partial charge in [0.1, 0.15) is 17.1 Å². The highest BCUT2D eigenvalue weighted by Gasteiger charge is 2.34. The van der Waals surface area contributed by atoms with Gasteiger partial charge in [0.2, 0.25) is 11.7 Å². The molecule has 0 bridgehead atoms. The summed E-state index contributed by atoms with van der Waals surface area (Å²) in [6.45, 7) is 1.60. The monoisotopic (exact) mass is 404 g/mol. The molecule has 4 aromatic rings. The SMILES string of the molecule is COc1ccc(-c2noc([C@@H]3C[C@H](NCc4cc5ccccc5o4)CN3C)n2)cc1. The molecule has 0 radical (unpaired) electrons. The fourth-order valence-corrected chi connectivity index (χ4v) is 4.03. The number of para-hydroxylation sites is 1. The maximum Gasteiger partial charge on any atom is 0.244 e. The van der Waals surface area contributed by atoms with E-state index in [9.17, 15) is 0 Å². The van der Waals surface area contributed by atoms with E-state index < -0.39 is 0 Å². The summed E-state index contributed by atoms with van der Waals surface area (Å²) in [6.07, 6.45) is 0.904. The van der Waals surface area contributed by atoms with Gasteiger partial charge in [-0.15, -0.1) is 0 Å². The molecule has 2 aromatic carbocycles. The minimum absolute atomic E-state index is 0.0951. The second-order valence-corrected chi connectivity index (χ2v) is 7.70. The predicted octanol–water partition coefficient (Wildman–Crippen LogP) is 4.03. The lowest BCUT2D eigenvalue weighted by Crippen LogP contribution is -2.30. The highest BCUT2D eigenvalue weighted by atomic mass is 16.5. The van der Waals surface area contributed by atoms with Gasteiger partial charge in [-0.2, -0.15) is 4.98 Å². The molecule has 0 unspecified atom stereocenters. The van der Waals surface area contributed by atoms with Gasteiger partial charge in [-0.05, 0) is 49.9 Å². The second kappa shape index (κ2) is 7.93. The van der Waals surface area contributed by atoms with Crippen LogP contribution in [0.25, 0.3) is 22.4 Å². The summed E-state index contributed by atoms with van der Waals surface area (Å²) < 4.78 is 16.7. The molecule has 1 saturated heterocycles. The Morgan fingerprint density at radius 2 is 2.00 bits per heavy atom. The lowest BCUT2D eigenvalue weighted by atomic mass is 10.1. The average molecular weight is 404 g/mol. The lowest BCUT2D eigenvalue weighted by molar-refractivity contribution is 0.244. The molecule has 7 heteroatoms. The van der Waals surface area contributed by atoms with E-state index in [4.69, 9.17) is 13.7 Å². The number of nitrogens with one attached hydrogen (secondary N) is 1. The first-order chi connectivity index (χ1) is 14.7. The molecule has 1 aliphatic heterocycles. The van der Waals surface area contributed by atoms with Gasteiger partial charge in [0.05, 0.1) is 19.7 Å². The summed E-state index contributed by atoms with van der Waals surface area (Å²) in [4.78, 5) is 6.90. The molecule has 3 heterocycles. The summed E-state index contributed by atoms with van der Waals surface area (Å²) in [5.74, 6) is 2.99. The average Bonchev–Trinajstić information content (AvgIpc) is 3.50. The van der Waals surface area contributed by atoms with E-state index in [-0.39, 0.29) is 6.04 Å². The molecule has 1 N–H and O–H groups in total. The van der Waals surface area contributed by atoms with Crippen LogP contribution in [0.5, 0.6) is 5.75 Å². The van der Waals surface area contributed by atoms with Gasteiger partial charge in [0, 0.05) is 23.5 Å². The Labute approximate surface area is 174 Å². The smallest absolute Gasteiger partial charge is 0.244 e. The van der Waals surface area contributed by atoms with Gasteiger partial charge in [-0.1, -0.05) is 23.4 Å². The van der Waals surface area contributed by atoms with Crippen molar-refractivity contribution >= 4 is 11.0 Å². The molecular weight excluding hydrogens is 380 g/mol. The maximum atomic E-state index is 5.91. The Balaban J connectivity index is 1.23. The van der Waals surface area contributed by atoms with E-state index in [2.05, 4.69) is 39.5 Å². The zero-order valence-electron chi connectivity index (χ0n) is 17.0. The second-order valence-electron chi connectivity index (χ2n) is 7.70. The number of hydrogen-bond acceptors (Lipinski definition) is 7. The number of ether oxygens (including phenoxy) is 1. The van der Waals surface area contributed by atoms with E-state index in [1.54, 1.807) is 7.11 Å². The Bertz CT molecular complexity index is 1100. The Morgan fingerprint density at radius 3 is 2.80 bits per heavy atom. The fraction of sp³-hybridized carbons (Fsp3) is 0.304. The maximum absolute atomic E-state index is 5.91. The topological polar surface area (TPSA) is 76.6 Å². The molecule has 0 saturated carbocycles. The molecule has 30 heavy (non-hydrogen) atoms. The van der Waals surface area contributed by atoms with Crippen molar-refractivity contribution in [3.63, 3.8) is 0 Å². The molecule has 0 amide bonds. The van der Waals surface area contributed by atoms with Crippen molar-refractivity contribution in [2.24, 2.45) is 0 Å². The third kappa shape index (κ3) is 3.69. The molecule has 1 aliphatic rings. The number of rotatable bonds is 6. The van der Waals surface area contributed by atoms with E-state index in [0.29, 0.717) is 24.3 Å². The van der Waals surface area contributed by atoms with Crippen molar-refractivity contribution in [3.8, 4) is 17.1 Å². The van der Waals surface area contributed by atoms with Crippen molar-refractivity contribution in [3.05, 3.63) is 66.2 Å². The van der Waals surface area contributed by atoms with Gasteiger partial charge >= 0.3 is 0 Å². The predicted molar refractivity (Wildman–Crippen MR) is 113 cm³/mol. The van der Waals surface area contributed by atoms with Crippen LogP contribution in [0.1, 0.15) is 24.1 Å². The van der Waals surface area contributed by atoms with Crippen LogP contribution in [-0.4, -0.2) is 41.8 Å². The van der Waals surface area contributed by atoms with Crippen LogP contribution in [0.4, 0.5) is 0 Å². The number of hydrogen-bond donors (Lipinski definition) is 1. The molecular formula is C23H24N4O3. The van der Waals surface area contributed by atoms with Crippen LogP contribution in [-0.2, 0) is 6.54 Å². The van der Waals surface area contributed by atoms with Gasteiger partial charge < -0.3 is 19.0 Å². The molecule has 7 nitrogen and oxygen atoms in total. The van der Waals surface area contributed by atoms with Crippen LogP contribution in [0.15, 0.2) is 63.5 Å². The molecule has 5 rings (SSSR count). The molecule has 154 valence electrons. The normalized spacial score (nSPS) is 19.5. The minimum Gasteiger partial charge on any atom is -0.497 e. The Morgan fingerprint density at radius 1 is 1.17 bits per heavy atom. The molecule has 2 atom stereocenters. The zero-order valence-corrected chi connectivity index (χ0v) is 17.0. The third-order valence-corrected chi connectivity index (χ3v) is 5.66. The quantitative estimate of drug-likeness (QED) is 0.520. The highest BCUT2D eigenvalue weighted by Crippen LogP contribution is 2.31. The van der Waals surface area contributed by atoms with Crippen molar-refractivity contribution in [2.75, 3.05) is 20.7 Å². The Kier molecular flexibility index (Phi) is 4.98. The number of nitrogens with zero attached hydrogens (tertiary/aromatic N) is 3. The Hall–Kier alpha value is -3.16. The van der Waals surface area contributed by atoms with Gasteiger partial charge in [-0.25, -0.2) is 0 Å². The van der Waals surface area contributed by atoms with Crippen LogP contribution in [0, 0.1) is 0 Å². The van der Waals surface area contributed by atoms with E-state index in [0.717, 1.165) is 41.0 Å². The number of methoxy groups -OCH3 is 1. The lowest BCUT2D eigenvalue weighted by Gasteiger charge is -2.14. The van der Waals surface area contributed by atoms with Crippen molar-refractivity contribution in [1.82, 2.24) is 20.4 Å². The van der Waals surface area contributed by atoms with Gasteiger partial charge in [0.25, 0.3) is 0 Å². The van der Waals surface area contributed by atoms with Crippen LogP contribution >= 0.6 is 0 Å². The van der Waals surface area contributed by atoms with Gasteiger partial charge in [0.15, 0.2) is 0 Å². The number of furan rings is 1. The first-order valence-electron chi connectivity index (χ1n) is 10.1. The summed E-state index contributed by atoms with van der Waals surface area (Å²) in [6, 6.07) is 18.2. The van der Waals surface area contributed by atoms with E-state index in [1.165, 1.54) is 0 Å².